The van der Waals surface area contributed by atoms with Gasteiger partial charge in [0.15, 0.2) is 6.23 Å². The van der Waals surface area contributed by atoms with Crippen LogP contribution < -0.4 is 16.4 Å². The molecule has 1 aliphatic heterocycles. The van der Waals surface area contributed by atoms with E-state index in [1.54, 1.807) is 4.90 Å². The van der Waals surface area contributed by atoms with E-state index < -0.39 is 49.0 Å². The lowest BCUT2D eigenvalue weighted by molar-refractivity contribution is -0.231. The van der Waals surface area contributed by atoms with E-state index in [0.717, 1.165) is 51.4 Å². The molecule has 1 fully saturated rings. The van der Waals surface area contributed by atoms with Gasteiger partial charge in [0, 0.05) is 13.0 Å². The van der Waals surface area contributed by atoms with Crippen LogP contribution in [0.3, 0.4) is 0 Å². The third kappa shape index (κ3) is 23.7. The van der Waals surface area contributed by atoms with Crippen LogP contribution in [0.1, 0.15) is 194 Å². The Labute approximate surface area is 323 Å². The SMILES string of the molecule is CCCCCCCCCCCCCCCCCC(=O)N(CCCCCCCCCCCCCC)[C@@H]1O[C@H](CO)[C@@H](O)[C@H](O)[C@H]1NC(=O)CNC(=O)CN. The Hall–Kier alpha value is -1.79. The molecule has 1 aliphatic rings. The molecule has 0 aliphatic carbocycles. The summed E-state index contributed by atoms with van der Waals surface area (Å²) in [7, 11) is 0. The highest BCUT2D eigenvalue weighted by Gasteiger charge is 2.48. The highest BCUT2D eigenvalue weighted by Crippen LogP contribution is 2.26. The maximum atomic E-state index is 13.8. The largest absolute Gasteiger partial charge is 0.394 e. The Balaban J connectivity index is 2.68. The number of hydrogen-bond acceptors (Lipinski definition) is 8. The number of amides is 3. The van der Waals surface area contributed by atoms with E-state index >= 15 is 0 Å². The first-order valence-electron chi connectivity index (χ1n) is 22.0. The van der Waals surface area contributed by atoms with Gasteiger partial charge in [-0.05, 0) is 12.8 Å². The molecular formula is C42H82N4O7. The van der Waals surface area contributed by atoms with Crippen LogP contribution in [-0.2, 0) is 19.1 Å². The molecule has 0 spiro atoms. The second kappa shape index (κ2) is 33.5. The number of hydrogen-bond donors (Lipinski definition) is 6. The predicted molar refractivity (Wildman–Crippen MR) is 214 cm³/mol. The standard InChI is InChI=1S/C42H82N4O7/c1-3-5-7-9-11-13-15-17-18-19-20-22-24-26-28-30-38(50)46(31-29-27-25-23-21-16-14-12-10-8-6-4-2)42-39(41(52)40(51)35(34-47)53-42)45-37(49)33-44-36(48)32-43/h35,39-42,47,51-52H,3-34,43H2,1-2H3,(H,44,48)(H,45,49)/t35-,39-,40-,41-,42-/m1/s1. The van der Waals surface area contributed by atoms with Crippen molar-refractivity contribution in [3.63, 3.8) is 0 Å². The fourth-order valence-electron chi connectivity index (χ4n) is 7.32. The molecule has 1 rings (SSSR count). The average Bonchev–Trinajstić information content (AvgIpc) is 3.16. The van der Waals surface area contributed by atoms with Crippen LogP contribution >= 0.6 is 0 Å². The molecule has 53 heavy (non-hydrogen) atoms. The molecule has 0 aromatic heterocycles. The summed E-state index contributed by atoms with van der Waals surface area (Å²) in [4.78, 5) is 39.9. The lowest BCUT2D eigenvalue weighted by atomic mass is 9.94. The Morgan fingerprint density at radius 2 is 1.02 bits per heavy atom. The number of nitrogens with one attached hydrogen (secondary N) is 2. The molecule has 0 saturated carbocycles. The van der Waals surface area contributed by atoms with Crippen molar-refractivity contribution in [2.24, 2.45) is 5.73 Å². The number of unbranched alkanes of at least 4 members (excludes halogenated alkanes) is 25. The number of carbonyl (C=O) groups is 3. The topological polar surface area (TPSA) is 174 Å². The van der Waals surface area contributed by atoms with Crippen LogP contribution in [0.5, 0.6) is 0 Å². The second-order valence-corrected chi connectivity index (χ2v) is 15.5. The quantitative estimate of drug-likeness (QED) is 0.0384. The Morgan fingerprint density at radius 1 is 0.604 bits per heavy atom. The van der Waals surface area contributed by atoms with Gasteiger partial charge in [0.1, 0.15) is 24.4 Å². The van der Waals surface area contributed by atoms with Crippen LogP contribution in [0, 0.1) is 0 Å². The number of rotatable bonds is 35. The Kier molecular flexibility index (Phi) is 31.2. The third-order valence-corrected chi connectivity index (χ3v) is 10.7. The summed E-state index contributed by atoms with van der Waals surface area (Å²) in [5.41, 5.74) is 5.34. The molecule has 11 heteroatoms. The first kappa shape index (κ1) is 49.2. The first-order chi connectivity index (χ1) is 25.8. The zero-order chi connectivity index (χ0) is 38.9. The summed E-state index contributed by atoms with van der Waals surface area (Å²) < 4.78 is 6.07. The normalized spacial score (nSPS) is 20.0. The number of carbonyl (C=O) groups excluding carboxylic acids is 3. The second-order valence-electron chi connectivity index (χ2n) is 15.5. The van der Waals surface area contributed by atoms with Gasteiger partial charge in [-0.1, -0.05) is 174 Å². The van der Waals surface area contributed by atoms with Gasteiger partial charge in [-0.3, -0.25) is 14.4 Å². The molecule has 0 aromatic rings. The average molecular weight is 755 g/mol. The zero-order valence-electron chi connectivity index (χ0n) is 34.0. The molecule has 0 bridgehead atoms. The van der Waals surface area contributed by atoms with E-state index in [1.807, 2.05) is 0 Å². The minimum atomic E-state index is -1.50. The highest BCUT2D eigenvalue weighted by atomic mass is 16.5. The van der Waals surface area contributed by atoms with Crippen molar-refractivity contribution in [3.8, 4) is 0 Å². The molecule has 7 N–H and O–H groups in total. The summed E-state index contributed by atoms with van der Waals surface area (Å²) in [5.74, 6) is -1.26. The maximum absolute atomic E-state index is 13.8. The third-order valence-electron chi connectivity index (χ3n) is 10.7. The number of nitrogens with zero attached hydrogens (tertiary/aromatic N) is 1. The lowest BCUT2D eigenvalue weighted by Crippen LogP contribution is -2.69. The van der Waals surface area contributed by atoms with Crippen molar-refractivity contribution < 1.29 is 34.4 Å². The van der Waals surface area contributed by atoms with Crippen molar-refractivity contribution in [1.82, 2.24) is 15.5 Å². The van der Waals surface area contributed by atoms with Crippen LogP contribution in [-0.4, -0.2) is 94.8 Å². The molecule has 0 aromatic carbocycles. The molecule has 312 valence electrons. The molecule has 0 unspecified atom stereocenters. The van der Waals surface area contributed by atoms with Gasteiger partial charge in [0.25, 0.3) is 0 Å². The summed E-state index contributed by atoms with van der Waals surface area (Å²) in [6, 6.07) is -1.16. The molecule has 3 amide bonds. The molecule has 1 heterocycles. The number of aliphatic hydroxyl groups excluding tert-OH is 3. The van der Waals surface area contributed by atoms with Crippen LogP contribution in [0.4, 0.5) is 0 Å². The smallest absolute Gasteiger partial charge is 0.239 e. The van der Waals surface area contributed by atoms with Gasteiger partial charge >= 0.3 is 0 Å². The minimum Gasteiger partial charge on any atom is -0.394 e. The van der Waals surface area contributed by atoms with Gasteiger partial charge in [0.2, 0.25) is 17.7 Å². The van der Waals surface area contributed by atoms with E-state index in [9.17, 15) is 29.7 Å². The summed E-state index contributed by atoms with van der Waals surface area (Å²) in [5, 5.41) is 36.8. The summed E-state index contributed by atoms with van der Waals surface area (Å²) in [6.45, 7) is 3.66. The lowest BCUT2D eigenvalue weighted by Gasteiger charge is -2.47. The minimum absolute atomic E-state index is 0.135. The molecule has 1 saturated heterocycles. The van der Waals surface area contributed by atoms with Crippen molar-refractivity contribution in [2.45, 2.75) is 224 Å². The van der Waals surface area contributed by atoms with E-state index in [0.29, 0.717) is 13.0 Å². The van der Waals surface area contributed by atoms with Crippen molar-refractivity contribution in [3.05, 3.63) is 0 Å². The molecule has 11 nitrogen and oxygen atoms in total. The van der Waals surface area contributed by atoms with E-state index in [2.05, 4.69) is 24.5 Å². The number of aliphatic hydroxyl groups is 3. The fraction of sp³-hybridized carbons (Fsp3) is 0.929. The van der Waals surface area contributed by atoms with Gasteiger partial charge in [-0.15, -0.1) is 0 Å². The summed E-state index contributed by atoms with van der Waals surface area (Å²) in [6.07, 6.45) is 27.8. The fourth-order valence-corrected chi connectivity index (χ4v) is 7.32. The summed E-state index contributed by atoms with van der Waals surface area (Å²) >= 11 is 0. The maximum Gasteiger partial charge on any atom is 0.239 e. The van der Waals surface area contributed by atoms with Crippen LogP contribution in [0.15, 0.2) is 0 Å². The van der Waals surface area contributed by atoms with Gasteiger partial charge < -0.3 is 41.3 Å². The van der Waals surface area contributed by atoms with Crippen molar-refractivity contribution in [2.75, 3.05) is 26.2 Å². The van der Waals surface area contributed by atoms with Crippen molar-refractivity contribution in [1.29, 1.82) is 0 Å². The van der Waals surface area contributed by atoms with Gasteiger partial charge in [-0.2, -0.15) is 0 Å². The predicted octanol–water partition coefficient (Wildman–Crippen LogP) is 6.78. The zero-order valence-corrected chi connectivity index (χ0v) is 34.0. The Bertz CT molecular complexity index is 911. The molecule has 0 radical (unpaired) electrons. The number of ether oxygens (including phenoxy) is 1. The molecular weight excluding hydrogens is 672 g/mol. The van der Waals surface area contributed by atoms with E-state index in [-0.39, 0.29) is 19.0 Å². The van der Waals surface area contributed by atoms with E-state index in [4.69, 9.17) is 10.5 Å². The van der Waals surface area contributed by atoms with Crippen LogP contribution in [0.2, 0.25) is 0 Å². The molecule has 5 atom stereocenters. The monoisotopic (exact) mass is 755 g/mol. The number of nitrogens with two attached hydrogens (primary N) is 1. The van der Waals surface area contributed by atoms with Gasteiger partial charge in [-0.25, -0.2) is 0 Å². The first-order valence-corrected chi connectivity index (χ1v) is 22.0. The Morgan fingerprint density at radius 3 is 1.43 bits per heavy atom. The van der Waals surface area contributed by atoms with Crippen LogP contribution in [0.25, 0.3) is 0 Å². The van der Waals surface area contributed by atoms with Crippen molar-refractivity contribution >= 4 is 17.7 Å². The highest BCUT2D eigenvalue weighted by molar-refractivity contribution is 5.85. The van der Waals surface area contributed by atoms with Gasteiger partial charge in [0.05, 0.1) is 19.7 Å². The van der Waals surface area contributed by atoms with E-state index in [1.165, 1.54) is 122 Å².